The van der Waals surface area contributed by atoms with E-state index in [0.29, 0.717) is 0 Å². The summed E-state index contributed by atoms with van der Waals surface area (Å²) in [4.78, 5) is 0. The average molecular weight is 405 g/mol. The third kappa shape index (κ3) is 3.78. The molecule has 3 aromatic rings. The first kappa shape index (κ1) is 17.2. The molecule has 0 spiro atoms. The average Bonchev–Trinajstić information content (AvgIpc) is 2.54. The van der Waals surface area contributed by atoms with Gasteiger partial charge in [-0.15, -0.1) is 0 Å². The van der Waals surface area contributed by atoms with E-state index in [0.717, 1.165) is 6.54 Å². The zero-order chi connectivity index (χ0) is 14.5. The van der Waals surface area contributed by atoms with E-state index < -0.39 is 0 Å². The first-order valence-corrected chi connectivity index (χ1v) is 8.20. The molecule has 0 bridgehead atoms. The van der Waals surface area contributed by atoms with Crippen LogP contribution in [0.1, 0.15) is 39.0 Å². The molecule has 2 heteroatoms. The normalized spacial score (nSPS) is 10.8. The molecule has 0 atom stereocenters. The molecule has 1 heterocycles. The predicted molar refractivity (Wildman–Crippen MR) is 90.4 cm³/mol. The molecular weight excluding hydrogens is 381 g/mol. The smallest absolute Gasteiger partial charge is 0.213 e. The highest BCUT2D eigenvalue weighted by Crippen LogP contribution is 2.22. The quantitative estimate of drug-likeness (QED) is 0.256. The molecule has 0 fully saturated rings. The topological polar surface area (TPSA) is 3.88 Å². The maximum Gasteiger partial charge on any atom is 0.213 e. The first-order valence-electron chi connectivity index (χ1n) is 8.20. The largest absolute Gasteiger partial charge is 1.00 e. The Morgan fingerprint density at radius 1 is 0.773 bits per heavy atom. The Morgan fingerprint density at radius 3 is 2.27 bits per heavy atom. The number of aryl methyl sites for hydroxylation is 1. The summed E-state index contributed by atoms with van der Waals surface area (Å²) in [6, 6.07) is 17.5. The summed E-state index contributed by atoms with van der Waals surface area (Å²) >= 11 is 0. The summed E-state index contributed by atoms with van der Waals surface area (Å²) in [6.07, 6.45) is 8.96. The van der Waals surface area contributed by atoms with Gasteiger partial charge in [0.1, 0.15) is 6.54 Å². The van der Waals surface area contributed by atoms with Gasteiger partial charge in [-0.05, 0) is 18.6 Å². The summed E-state index contributed by atoms with van der Waals surface area (Å²) in [5.74, 6) is 0. The molecule has 0 saturated carbocycles. The van der Waals surface area contributed by atoms with Crippen molar-refractivity contribution < 1.29 is 28.5 Å². The molecule has 3 rings (SSSR count). The van der Waals surface area contributed by atoms with Crippen LogP contribution < -0.4 is 28.5 Å². The lowest BCUT2D eigenvalue weighted by molar-refractivity contribution is -0.670. The van der Waals surface area contributed by atoms with Gasteiger partial charge in [0.15, 0.2) is 6.20 Å². The molecule has 0 unspecified atom stereocenters. The van der Waals surface area contributed by atoms with Crippen molar-refractivity contribution in [1.29, 1.82) is 0 Å². The Kier molecular flexibility index (Phi) is 6.62. The summed E-state index contributed by atoms with van der Waals surface area (Å²) in [7, 11) is 0. The predicted octanol–water partition coefficient (Wildman–Crippen LogP) is 2.25. The fraction of sp³-hybridized carbons (Fsp3) is 0.350. The number of benzene rings is 2. The number of halogens is 1. The van der Waals surface area contributed by atoms with E-state index in [4.69, 9.17) is 0 Å². The van der Waals surface area contributed by atoms with Gasteiger partial charge in [-0.2, -0.15) is 4.57 Å². The maximum absolute atomic E-state index is 2.43. The van der Waals surface area contributed by atoms with Crippen LogP contribution in [0.3, 0.4) is 0 Å². The van der Waals surface area contributed by atoms with Crippen LogP contribution >= 0.6 is 0 Å². The number of pyridine rings is 1. The van der Waals surface area contributed by atoms with E-state index in [2.05, 4.69) is 66.2 Å². The Hall–Kier alpha value is -1.16. The molecule has 0 saturated heterocycles. The highest BCUT2D eigenvalue weighted by atomic mass is 127. The second-order valence-corrected chi connectivity index (χ2v) is 5.84. The third-order valence-electron chi connectivity index (χ3n) is 4.26. The molecule has 0 radical (unpaired) electrons. The molecule has 2 aromatic carbocycles. The first-order chi connectivity index (χ1) is 10.4. The minimum atomic E-state index is 0. The zero-order valence-corrected chi connectivity index (χ0v) is 15.4. The van der Waals surface area contributed by atoms with Gasteiger partial charge in [0, 0.05) is 23.3 Å². The van der Waals surface area contributed by atoms with Gasteiger partial charge in [-0.1, -0.05) is 56.5 Å². The second kappa shape index (κ2) is 8.47. The van der Waals surface area contributed by atoms with Crippen LogP contribution in [-0.4, -0.2) is 0 Å². The summed E-state index contributed by atoms with van der Waals surface area (Å²) < 4.78 is 2.43. The van der Waals surface area contributed by atoms with Gasteiger partial charge in [-0.25, -0.2) is 0 Å². The van der Waals surface area contributed by atoms with Crippen molar-refractivity contribution >= 4 is 21.7 Å². The second-order valence-electron chi connectivity index (χ2n) is 5.84. The summed E-state index contributed by atoms with van der Waals surface area (Å²) in [5.41, 5.74) is 1.35. The Morgan fingerprint density at radius 2 is 1.45 bits per heavy atom. The van der Waals surface area contributed by atoms with Crippen LogP contribution in [-0.2, 0) is 6.54 Å². The number of nitrogens with zero attached hydrogens (tertiary/aromatic N) is 1. The minimum absolute atomic E-state index is 0. The van der Waals surface area contributed by atoms with Crippen LogP contribution in [0.25, 0.3) is 21.7 Å². The van der Waals surface area contributed by atoms with Gasteiger partial charge in [0.25, 0.3) is 0 Å². The molecule has 0 amide bonds. The molecule has 1 aromatic heterocycles. The summed E-state index contributed by atoms with van der Waals surface area (Å²) in [6.45, 7) is 3.39. The number of fused-ring (bicyclic) bond motifs is 3. The molecular formula is C20H24IN. The zero-order valence-electron chi connectivity index (χ0n) is 13.3. The number of rotatable bonds is 6. The molecule has 0 aliphatic rings. The maximum atomic E-state index is 2.43. The van der Waals surface area contributed by atoms with E-state index >= 15 is 0 Å². The van der Waals surface area contributed by atoms with Crippen LogP contribution in [0, 0.1) is 0 Å². The van der Waals surface area contributed by atoms with Crippen molar-refractivity contribution in [3.63, 3.8) is 0 Å². The Balaban J connectivity index is 0.00000176. The van der Waals surface area contributed by atoms with Gasteiger partial charge >= 0.3 is 0 Å². The SMILES string of the molecule is CCCCCCC[n+]1cc2ccccc2c2ccccc21.[I-]. The molecule has 0 aliphatic heterocycles. The molecule has 116 valence electrons. The number of hydrogen-bond donors (Lipinski definition) is 0. The molecule has 0 N–H and O–H groups in total. The number of unbranched alkanes of at least 4 members (excludes halogenated alkanes) is 4. The Bertz CT molecular complexity index is 736. The molecule has 1 nitrogen and oxygen atoms in total. The standard InChI is InChI=1S/C20H24N.HI/c1-2-3-4-5-10-15-21-16-17-11-6-7-12-18(17)19-13-8-9-14-20(19)21;/h6-9,11-14,16H,2-5,10,15H2,1H3;1H/q+1;/p-1. The third-order valence-corrected chi connectivity index (χ3v) is 4.26. The lowest BCUT2D eigenvalue weighted by Gasteiger charge is -2.05. The highest BCUT2D eigenvalue weighted by Gasteiger charge is 2.11. The van der Waals surface area contributed by atoms with Crippen LogP contribution in [0.15, 0.2) is 54.7 Å². The lowest BCUT2D eigenvalue weighted by atomic mass is 10.1. The van der Waals surface area contributed by atoms with E-state index in [9.17, 15) is 0 Å². The van der Waals surface area contributed by atoms with E-state index in [1.807, 2.05) is 0 Å². The minimum Gasteiger partial charge on any atom is -1.00 e. The number of para-hydroxylation sites is 1. The van der Waals surface area contributed by atoms with Gasteiger partial charge in [0.05, 0.1) is 5.39 Å². The molecule has 0 aliphatic carbocycles. The number of hydrogen-bond acceptors (Lipinski definition) is 0. The van der Waals surface area contributed by atoms with Crippen molar-refractivity contribution in [1.82, 2.24) is 0 Å². The van der Waals surface area contributed by atoms with Gasteiger partial charge in [-0.3, -0.25) is 0 Å². The van der Waals surface area contributed by atoms with E-state index in [1.165, 1.54) is 53.8 Å². The highest BCUT2D eigenvalue weighted by molar-refractivity contribution is 6.03. The van der Waals surface area contributed by atoms with Crippen LogP contribution in [0.5, 0.6) is 0 Å². The van der Waals surface area contributed by atoms with E-state index in [-0.39, 0.29) is 24.0 Å². The van der Waals surface area contributed by atoms with Gasteiger partial charge in [0.2, 0.25) is 5.52 Å². The fourth-order valence-corrected chi connectivity index (χ4v) is 3.11. The Labute approximate surface area is 150 Å². The van der Waals surface area contributed by atoms with Crippen molar-refractivity contribution in [2.75, 3.05) is 0 Å². The van der Waals surface area contributed by atoms with Crippen molar-refractivity contribution in [2.24, 2.45) is 0 Å². The molecule has 22 heavy (non-hydrogen) atoms. The van der Waals surface area contributed by atoms with Crippen LogP contribution in [0.4, 0.5) is 0 Å². The fourth-order valence-electron chi connectivity index (χ4n) is 3.11. The lowest BCUT2D eigenvalue weighted by Crippen LogP contribution is -3.00. The van der Waals surface area contributed by atoms with Crippen LogP contribution in [0.2, 0.25) is 0 Å². The van der Waals surface area contributed by atoms with Crippen molar-refractivity contribution in [3.8, 4) is 0 Å². The van der Waals surface area contributed by atoms with E-state index in [1.54, 1.807) is 0 Å². The van der Waals surface area contributed by atoms with Crippen molar-refractivity contribution in [3.05, 3.63) is 54.7 Å². The monoisotopic (exact) mass is 405 g/mol. The van der Waals surface area contributed by atoms with Crippen molar-refractivity contribution in [2.45, 2.75) is 45.6 Å². The number of aromatic nitrogens is 1. The summed E-state index contributed by atoms with van der Waals surface area (Å²) in [5, 5.41) is 4.06. The van der Waals surface area contributed by atoms with Gasteiger partial charge < -0.3 is 24.0 Å².